The lowest BCUT2D eigenvalue weighted by Gasteiger charge is -2.14. The summed E-state index contributed by atoms with van der Waals surface area (Å²) in [6, 6.07) is 3.72. The minimum atomic E-state index is 0.140. The minimum absolute atomic E-state index is 0.140. The molecule has 0 N–H and O–H groups in total. The van der Waals surface area contributed by atoms with Crippen LogP contribution >= 0.6 is 0 Å². The zero-order valence-electron chi connectivity index (χ0n) is 9.56. The number of rotatable bonds is 6. The number of aryl methyl sites for hydroxylation is 1. The molecule has 1 heterocycles. The average molecular weight is 210 g/mol. The maximum Gasteiger partial charge on any atom is 0.193 e. The summed E-state index contributed by atoms with van der Waals surface area (Å²) >= 11 is 0. The standard InChI is InChI=1S/C11H18N2O2/c1-12(7-8-15-3)9-11(14)10-5-4-6-13(10)2/h4-6H,7-9H2,1-3H3. The first-order chi connectivity index (χ1) is 7.15. The summed E-state index contributed by atoms with van der Waals surface area (Å²) in [4.78, 5) is 13.8. The molecular weight excluding hydrogens is 192 g/mol. The maximum atomic E-state index is 11.8. The summed E-state index contributed by atoms with van der Waals surface area (Å²) in [5.41, 5.74) is 0.749. The quantitative estimate of drug-likeness (QED) is 0.651. The van der Waals surface area contributed by atoms with Crippen molar-refractivity contribution in [3.8, 4) is 0 Å². The number of ketones is 1. The molecule has 4 nitrogen and oxygen atoms in total. The van der Waals surface area contributed by atoms with Gasteiger partial charge in [-0.1, -0.05) is 0 Å². The van der Waals surface area contributed by atoms with Gasteiger partial charge < -0.3 is 9.30 Å². The van der Waals surface area contributed by atoms with Crippen LogP contribution in [0.1, 0.15) is 10.5 Å². The van der Waals surface area contributed by atoms with Crippen molar-refractivity contribution < 1.29 is 9.53 Å². The van der Waals surface area contributed by atoms with Crippen molar-refractivity contribution in [1.82, 2.24) is 9.47 Å². The van der Waals surface area contributed by atoms with Gasteiger partial charge in [0.1, 0.15) is 0 Å². The normalized spacial score (nSPS) is 10.9. The first-order valence-electron chi connectivity index (χ1n) is 4.97. The van der Waals surface area contributed by atoms with Gasteiger partial charge in [0, 0.05) is 26.9 Å². The van der Waals surface area contributed by atoms with Crippen LogP contribution in [0.25, 0.3) is 0 Å². The summed E-state index contributed by atoms with van der Waals surface area (Å²) in [5.74, 6) is 0.140. The zero-order chi connectivity index (χ0) is 11.3. The smallest absolute Gasteiger partial charge is 0.193 e. The lowest BCUT2D eigenvalue weighted by atomic mass is 10.2. The molecule has 1 aromatic heterocycles. The first-order valence-corrected chi connectivity index (χ1v) is 4.97. The maximum absolute atomic E-state index is 11.8. The molecule has 0 fully saturated rings. The van der Waals surface area contributed by atoms with Crippen LogP contribution in [0.2, 0.25) is 0 Å². The predicted molar refractivity (Wildman–Crippen MR) is 59.1 cm³/mol. The second kappa shape index (κ2) is 5.68. The van der Waals surface area contributed by atoms with Crippen LogP contribution in [0.3, 0.4) is 0 Å². The highest BCUT2D eigenvalue weighted by Gasteiger charge is 2.11. The molecule has 0 saturated heterocycles. The summed E-state index contributed by atoms with van der Waals surface area (Å²) in [6.07, 6.45) is 1.88. The minimum Gasteiger partial charge on any atom is -0.383 e. The third-order valence-corrected chi connectivity index (χ3v) is 2.32. The van der Waals surface area contributed by atoms with Gasteiger partial charge in [-0.25, -0.2) is 0 Å². The van der Waals surface area contributed by atoms with Crippen molar-refractivity contribution >= 4 is 5.78 Å². The molecule has 1 rings (SSSR count). The topological polar surface area (TPSA) is 34.5 Å². The Morgan fingerprint density at radius 2 is 2.33 bits per heavy atom. The Kier molecular flexibility index (Phi) is 4.52. The van der Waals surface area contributed by atoms with E-state index in [0.717, 1.165) is 12.2 Å². The molecule has 0 unspecified atom stereocenters. The largest absolute Gasteiger partial charge is 0.383 e. The lowest BCUT2D eigenvalue weighted by Crippen LogP contribution is -2.29. The van der Waals surface area contributed by atoms with Gasteiger partial charge in [-0.05, 0) is 19.2 Å². The highest BCUT2D eigenvalue weighted by atomic mass is 16.5. The number of likely N-dealkylation sites (N-methyl/N-ethyl adjacent to an activating group) is 1. The molecule has 0 spiro atoms. The Hall–Kier alpha value is -1.13. The number of carbonyl (C=O) groups excluding carboxylic acids is 1. The summed E-state index contributed by atoms with van der Waals surface area (Å²) in [7, 11) is 5.45. The van der Waals surface area contributed by atoms with Crippen LogP contribution < -0.4 is 0 Å². The van der Waals surface area contributed by atoms with Gasteiger partial charge in [-0.15, -0.1) is 0 Å². The van der Waals surface area contributed by atoms with Gasteiger partial charge in [0.05, 0.1) is 18.8 Å². The van der Waals surface area contributed by atoms with Crippen molar-refractivity contribution in [1.29, 1.82) is 0 Å². The fraction of sp³-hybridized carbons (Fsp3) is 0.545. The molecule has 0 bridgehead atoms. The van der Waals surface area contributed by atoms with Gasteiger partial charge in [0.2, 0.25) is 0 Å². The van der Waals surface area contributed by atoms with E-state index < -0.39 is 0 Å². The molecule has 1 aromatic rings. The van der Waals surface area contributed by atoms with Crippen molar-refractivity contribution in [2.45, 2.75) is 0 Å². The fourth-order valence-corrected chi connectivity index (χ4v) is 1.40. The number of Topliss-reactive ketones (excluding diaryl/α,β-unsaturated/α-hetero) is 1. The van der Waals surface area contributed by atoms with E-state index in [9.17, 15) is 4.79 Å². The molecule has 84 valence electrons. The molecule has 0 atom stereocenters. The van der Waals surface area contributed by atoms with E-state index in [-0.39, 0.29) is 5.78 Å². The van der Waals surface area contributed by atoms with Crippen LogP contribution in [0.15, 0.2) is 18.3 Å². The Morgan fingerprint density at radius 3 is 2.87 bits per heavy atom. The highest BCUT2D eigenvalue weighted by molar-refractivity contribution is 5.96. The van der Waals surface area contributed by atoms with Crippen LogP contribution in [0, 0.1) is 0 Å². The molecule has 0 aliphatic rings. The lowest BCUT2D eigenvalue weighted by molar-refractivity contribution is 0.0915. The second-order valence-corrected chi connectivity index (χ2v) is 3.66. The first kappa shape index (κ1) is 11.9. The van der Waals surface area contributed by atoms with Crippen molar-refractivity contribution in [3.63, 3.8) is 0 Å². The van der Waals surface area contributed by atoms with Gasteiger partial charge in [-0.2, -0.15) is 0 Å². The summed E-state index contributed by atoms with van der Waals surface area (Å²) in [6.45, 7) is 1.85. The number of methoxy groups -OCH3 is 1. The molecule has 0 amide bonds. The number of carbonyl (C=O) groups is 1. The molecular formula is C11H18N2O2. The third-order valence-electron chi connectivity index (χ3n) is 2.32. The van der Waals surface area contributed by atoms with E-state index in [1.165, 1.54) is 0 Å². The molecule has 4 heteroatoms. The predicted octanol–water partition coefficient (Wildman–Crippen LogP) is 0.786. The number of aromatic nitrogens is 1. The van der Waals surface area contributed by atoms with Crippen LogP contribution in [0.4, 0.5) is 0 Å². The molecule has 0 radical (unpaired) electrons. The SMILES string of the molecule is COCCN(C)CC(=O)c1cccn1C. The summed E-state index contributed by atoms with van der Waals surface area (Å²) in [5, 5.41) is 0. The van der Waals surface area contributed by atoms with Crippen molar-refractivity contribution in [2.24, 2.45) is 7.05 Å². The Labute approximate surface area is 90.4 Å². The molecule has 0 aliphatic carbocycles. The van der Waals surface area contributed by atoms with E-state index >= 15 is 0 Å². The molecule has 0 saturated carbocycles. The fourth-order valence-electron chi connectivity index (χ4n) is 1.40. The zero-order valence-corrected chi connectivity index (χ0v) is 9.56. The third kappa shape index (κ3) is 3.49. The molecule has 15 heavy (non-hydrogen) atoms. The van der Waals surface area contributed by atoms with Crippen LogP contribution in [-0.2, 0) is 11.8 Å². The van der Waals surface area contributed by atoms with E-state index in [2.05, 4.69) is 0 Å². The number of hydrogen-bond acceptors (Lipinski definition) is 3. The molecule has 0 aromatic carbocycles. The Morgan fingerprint density at radius 1 is 1.60 bits per heavy atom. The average Bonchev–Trinajstić information content (AvgIpc) is 2.61. The van der Waals surface area contributed by atoms with E-state index in [1.807, 2.05) is 41.9 Å². The Bertz CT molecular complexity index is 320. The van der Waals surface area contributed by atoms with Gasteiger partial charge >= 0.3 is 0 Å². The van der Waals surface area contributed by atoms with E-state index in [1.54, 1.807) is 7.11 Å². The monoisotopic (exact) mass is 210 g/mol. The van der Waals surface area contributed by atoms with Crippen molar-refractivity contribution in [2.75, 3.05) is 33.9 Å². The number of hydrogen-bond donors (Lipinski definition) is 0. The van der Waals surface area contributed by atoms with Crippen LogP contribution in [0.5, 0.6) is 0 Å². The van der Waals surface area contributed by atoms with Crippen LogP contribution in [-0.4, -0.2) is 49.1 Å². The summed E-state index contributed by atoms with van der Waals surface area (Å²) < 4.78 is 6.79. The van der Waals surface area contributed by atoms with Crippen molar-refractivity contribution in [3.05, 3.63) is 24.0 Å². The van der Waals surface area contributed by atoms with E-state index in [4.69, 9.17) is 4.74 Å². The number of nitrogens with zero attached hydrogens (tertiary/aromatic N) is 2. The number of ether oxygens (including phenoxy) is 1. The van der Waals surface area contributed by atoms with Gasteiger partial charge in [-0.3, -0.25) is 9.69 Å². The highest BCUT2D eigenvalue weighted by Crippen LogP contribution is 2.01. The molecule has 0 aliphatic heterocycles. The van der Waals surface area contributed by atoms with Gasteiger partial charge in [0.25, 0.3) is 0 Å². The second-order valence-electron chi connectivity index (χ2n) is 3.66. The van der Waals surface area contributed by atoms with E-state index in [0.29, 0.717) is 13.2 Å². The Balaban J connectivity index is 2.46. The van der Waals surface area contributed by atoms with Gasteiger partial charge in [0.15, 0.2) is 5.78 Å².